The molecule has 1 amide bonds. The Kier molecular flexibility index (Phi) is 6.52. The predicted octanol–water partition coefficient (Wildman–Crippen LogP) is 4.62. The summed E-state index contributed by atoms with van der Waals surface area (Å²) in [6.45, 7) is 0.248. The van der Waals surface area contributed by atoms with Gasteiger partial charge in [0, 0.05) is 16.8 Å². The minimum Gasteiger partial charge on any atom is -0.310 e. The lowest BCUT2D eigenvalue weighted by Crippen LogP contribution is -2.31. The van der Waals surface area contributed by atoms with E-state index >= 15 is 0 Å². The normalized spacial score (nSPS) is 11.0. The molecule has 3 rings (SSSR count). The Labute approximate surface area is 176 Å². The minimum absolute atomic E-state index is 0.0445. The maximum Gasteiger partial charge on any atom is 0.276 e. The van der Waals surface area contributed by atoms with Crippen molar-refractivity contribution in [1.29, 1.82) is 0 Å². The molecule has 0 saturated heterocycles. The molecule has 1 aromatic heterocycles. The highest BCUT2D eigenvalue weighted by Crippen LogP contribution is 2.22. The summed E-state index contributed by atoms with van der Waals surface area (Å²) in [7, 11) is 0. The predicted molar refractivity (Wildman–Crippen MR) is 113 cm³/mol. The monoisotopic (exact) mass is 433 g/mol. The van der Waals surface area contributed by atoms with Crippen LogP contribution in [0.25, 0.3) is 0 Å². The molecule has 0 atom stereocenters. The van der Waals surface area contributed by atoms with Gasteiger partial charge < -0.3 is 4.57 Å². The second kappa shape index (κ2) is 9.06. The van der Waals surface area contributed by atoms with Gasteiger partial charge in [-0.2, -0.15) is 5.10 Å². The minimum atomic E-state index is -0.641. The first kappa shape index (κ1) is 20.1. The van der Waals surface area contributed by atoms with Crippen LogP contribution in [0.2, 0.25) is 15.1 Å². The molecule has 142 valence electrons. The van der Waals surface area contributed by atoms with Crippen LogP contribution in [0.1, 0.15) is 21.5 Å². The number of halogens is 3. The molecule has 3 aromatic rings. The summed E-state index contributed by atoms with van der Waals surface area (Å²) in [5, 5.41) is 5.18. The van der Waals surface area contributed by atoms with Crippen LogP contribution in [0.4, 0.5) is 0 Å². The van der Waals surface area contributed by atoms with Gasteiger partial charge in [-0.3, -0.25) is 9.59 Å². The molecular weight excluding hydrogens is 421 g/mol. The summed E-state index contributed by atoms with van der Waals surface area (Å²) in [5.74, 6) is -0.641. The highest BCUT2D eigenvalue weighted by atomic mass is 35.5. The molecule has 28 heavy (non-hydrogen) atoms. The number of amides is 1. The van der Waals surface area contributed by atoms with E-state index in [-0.39, 0.29) is 12.1 Å². The molecule has 0 saturated carbocycles. The van der Waals surface area contributed by atoms with Crippen LogP contribution >= 0.6 is 34.8 Å². The molecule has 0 aliphatic carbocycles. The Morgan fingerprint density at radius 2 is 1.64 bits per heavy atom. The van der Waals surface area contributed by atoms with Crippen molar-refractivity contribution in [2.24, 2.45) is 5.10 Å². The smallest absolute Gasteiger partial charge is 0.276 e. The molecule has 0 fully saturated rings. The van der Waals surface area contributed by atoms with Crippen molar-refractivity contribution in [3.8, 4) is 0 Å². The zero-order valence-electron chi connectivity index (χ0n) is 14.4. The van der Waals surface area contributed by atoms with Gasteiger partial charge >= 0.3 is 0 Å². The van der Waals surface area contributed by atoms with Crippen LogP contribution in [-0.2, 0) is 6.54 Å². The van der Waals surface area contributed by atoms with E-state index in [0.29, 0.717) is 20.6 Å². The SMILES string of the molecule is O=C(N/N=C\c1c(Cl)cccc1Cl)c1cccn(Cc2ccccc2Cl)c1=O. The van der Waals surface area contributed by atoms with Gasteiger partial charge in [-0.25, -0.2) is 5.43 Å². The summed E-state index contributed by atoms with van der Waals surface area (Å²) < 4.78 is 1.41. The molecule has 2 aromatic carbocycles. The number of nitrogens with one attached hydrogen (secondary N) is 1. The Morgan fingerprint density at radius 1 is 0.964 bits per heavy atom. The maximum absolute atomic E-state index is 12.6. The maximum atomic E-state index is 12.6. The summed E-state index contributed by atoms with van der Waals surface area (Å²) >= 11 is 18.2. The summed E-state index contributed by atoms with van der Waals surface area (Å²) in [4.78, 5) is 25.0. The van der Waals surface area contributed by atoms with Crippen molar-refractivity contribution in [2.45, 2.75) is 6.54 Å². The molecule has 8 heteroatoms. The highest BCUT2D eigenvalue weighted by Gasteiger charge is 2.12. The molecule has 5 nitrogen and oxygen atoms in total. The first-order chi connectivity index (χ1) is 13.5. The van der Waals surface area contributed by atoms with Gasteiger partial charge in [-0.15, -0.1) is 0 Å². The van der Waals surface area contributed by atoms with Gasteiger partial charge in [0.05, 0.1) is 22.8 Å². The topological polar surface area (TPSA) is 63.5 Å². The summed E-state index contributed by atoms with van der Waals surface area (Å²) in [6.07, 6.45) is 2.92. The van der Waals surface area contributed by atoms with E-state index in [9.17, 15) is 9.59 Å². The van der Waals surface area contributed by atoms with E-state index in [1.54, 1.807) is 36.5 Å². The molecule has 1 N–H and O–H groups in total. The van der Waals surface area contributed by atoms with Crippen LogP contribution in [0.5, 0.6) is 0 Å². The second-order valence-electron chi connectivity index (χ2n) is 5.78. The number of aromatic nitrogens is 1. The number of hydrogen-bond acceptors (Lipinski definition) is 3. The van der Waals surface area contributed by atoms with Gasteiger partial charge in [0.15, 0.2) is 0 Å². The van der Waals surface area contributed by atoms with E-state index in [4.69, 9.17) is 34.8 Å². The lowest BCUT2D eigenvalue weighted by molar-refractivity contribution is 0.0953. The fraction of sp³-hybridized carbons (Fsp3) is 0.0500. The van der Waals surface area contributed by atoms with Gasteiger partial charge in [0.25, 0.3) is 11.5 Å². The van der Waals surface area contributed by atoms with Crippen molar-refractivity contribution in [2.75, 3.05) is 0 Å². The number of hydrazone groups is 1. The van der Waals surface area contributed by atoms with E-state index in [1.165, 1.54) is 16.8 Å². The Balaban J connectivity index is 1.78. The van der Waals surface area contributed by atoms with Crippen molar-refractivity contribution in [3.05, 3.63) is 103 Å². The molecule has 0 aliphatic rings. The second-order valence-corrected chi connectivity index (χ2v) is 7.00. The number of pyridine rings is 1. The Morgan fingerprint density at radius 3 is 2.36 bits per heavy atom. The van der Waals surface area contributed by atoms with Crippen LogP contribution in [0.15, 0.2) is 70.7 Å². The van der Waals surface area contributed by atoms with E-state index in [1.807, 2.05) is 18.2 Å². The first-order valence-corrected chi connectivity index (χ1v) is 9.31. The van der Waals surface area contributed by atoms with E-state index < -0.39 is 11.5 Å². The molecule has 1 heterocycles. The molecule has 0 aliphatic heterocycles. The van der Waals surface area contributed by atoms with Crippen molar-refractivity contribution in [1.82, 2.24) is 9.99 Å². The number of hydrogen-bond donors (Lipinski definition) is 1. The number of carbonyl (C=O) groups excluding carboxylic acids is 1. The summed E-state index contributed by atoms with van der Waals surface area (Å²) in [6, 6.07) is 15.3. The average Bonchev–Trinajstić information content (AvgIpc) is 2.67. The summed E-state index contributed by atoms with van der Waals surface area (Å²) in [5.41, 5.74) is 3.06. The molecule has 0 unspecified atom stereocenters. The quantitative estimate of drug-likeness (QED) is 0.470. The van der Waals surface area contributed by atoms with E-state index in [2.05, 4.69) is 10.5 Å². The largest absolute Gasteiger partial charge is 0.310 e. The average molecular weight is 435 g/mol. The number of rotatable bonds is 5. The zero-order chi connectivity index (χ0) is 20.1. The van der Waals surface area contributed by atoms with Crippen LogP contribution in [0.3, 0.4) is 0 Å². The first-order valence-electron chi connectivity index (χ1n) is 8.17. The number of carbonyl (C=O) groups is 1. The Bertz CT molecular complexity index is 1090. The lowest BCUT2D eigenvalue weighted by Gasteiger charge is -2.09. The fourth-order valence-corrected chi connectivity index (χ4v) is 3.18. The van der Waals surface area contributed by atoms with Crippen LogP contribution in [-0.4, -0.2) is 16.7 Å². The molecule has 0 spiro atoms. The van der Waals surface area contributed by atoms with Gasteiger partial charge in [0.1, 0.15) is 5.56 Å². The third-order valence-corrected chi connectivity index (χ3v) is 4.95. The fourth-order valence-electron chi connectivity index (χ4n) is 2.49. The van der Waals surface area contributed by atoms with Gasteiger partial charge in [0.2, 0.25) is 0 Å². The van der Waals surface area contributed by atoms with Crippen LogP contribution < -0.4 is 11.0 Å². The number of benzene rings is 2. The number of nitrogens with zero attached hydrogens (tertiary/aromatic N) is 2. The molecule has 0 radical (unpaired) electrons. The van der Waals surface area contributed by atoms with Crippen molar-refractivity contribution < 1.29 is 4.79 Å². The van der Waals surface area contributed by atoms with Gasteiger partial charge in [-0.1, -0.05) is 59.1 Å². The van der Waals surface area contributed by atoms with Crippen molar-refractivity contribution in [3.63, 3.8) is 0 Å². The van der Waals surface area contributed by atoms with Gasteiger partial charge in [-0.05, 0) is 35.9 Å². The van der Waals surface area contributed by atoms with Crippen LogP contribution in [0, 0.1) is 0 Å². The standard InChI is InChI=1S/C20H14Cl3N3O2/c21-16-7-2-1-5-13(16)12-26-10-4-6-14(20(26)28)19(27)25-24-11-15-17(22)8-3-9-18(15)23/h1-11H,12H2,(H,25,27)/b24-11-. The zero-order valence-corrected chi connectivity index (χ0v) is 16.7. The Hall–Kier alpha value is -2.60. The molecular formula is C20H14Cl3N3O2. The lowest BCUT2D eigenvalue weighted by atomic mass is 10.2. The highest BCUT2D eigenvalue weighted by molar-refractivity contribution is 6.38. The van der Waals surface area contributed by atoms with E-state index in [0.717, 1.165) is 5.56 Å². The third-order valence-electron chi connectivity index (χ3n) is 3.92. The molecule has 0 bridgehead atoms. The van der Waals surface area contributed by atoms with Crippen molar-refractivity contribution >= 4 is 46.9 Å². The third kappa shape index (κ3) is 4.62.